The summed E-state index contributed by atoms with van der Waals surface area (Å²) in [5.74, 6) is 0.738. The molecule has 0 spiro atoms. The number of sulfonamides is 1. The van der Waals surface area contributed by atoms with Crippen LogP contribution in [0.15, 0.2) is 223 Å². The zero-order valence-electron chi connectivity index (χ0n) is 51.9. The monoisotopic (exact) mass is 1380 g/mol. The van der Waals surface area contributed by atoms with Crippen LogP contribution >= 0.6 is 0 Å². The van der Waals surface area contributed by atoms with E-state index in [1.807, 2.05) is 13.8 Å². The van der Waals surface area contributed by atoms with E-state index in [0.717, 1.165) is 111 Å². The van der Waals surface area contributed by atoms with Gasteiger partial charge in [-0.25, -0.2) is 52.7 Å². The fraction of sp³-hybridized carbons (Fsp3) is 0.0845. The summed E-state index contributed by atoms with van der Waals surface area (Å²) in [6.45, 7) is 4.11. The molecule has 483 valence electrons. The SMILES string of the molecule is CC.CS(=O)(=O)NCCCc1nc(Nc2ccc(S(=O)(=O)O)cc2)nc(Nc2cc(C(=O)O)cc(C(=O)O)c2)n1.[V].c1ccc2cc3c(cc2c1)C1=NC3=Nc2c3cc4ccccc4cc3c3n2On2c(c4cc5ccccc5cc4c2=NC2=NC(=N3)c3cc4ccccc4cc32)=N1. The smallest absolute Gasteiger partial charge is 0.335 e. The molecule has 10 aromatic carbocycles. The van der Waals surface area contributed by atoms with Crippen LogP contribution in [0.1, 0.15) is 69.1 Å². The van der Waals surface area contributed by atoms with Gasteiger partial charge in [0.15, 0.2) is 46.0 Å². The van der Waals surface area contributed by atoms with Gasteiger partial charge in [0.1, 0.15) is 5.82 Å². The molecule has 4 aliphatic heterocycles. The van der Waals surface area contributed by atoms with Crippen molar-refractivity contribution in [3.8, 4) is 0 Å². The number of fused-ring (bicyclic) bond motifs is 18. The molecule has 0 unspecified atom stereocenters. The van der Waals surface area contributed by atoms with Crippen LogP contribution < -0.4 is 31.3 Å². The Labute approximate surface area is 568 Å². The van der Waals surface area contributed by atoms with Gasteiger partial charge >= 0.3 is 11.9 Å². The number of carboxylic acid groups (broad SMARTS) is 2. The standard InChI is InChI=1S/C48H24N8O.C21H22N6O9S2.C2H6.V/c1-2-10-26-18-34-33(17-25(26)9-1)41-49-42(34)52-46-39-23-31-15-7-8-16-32(31)24-40(39)48-54-44-36-20-28-12-4-3-11-27(28)19-35(36)43(50-44)53-47-38-22-30-14-6-5-13-29(30)21-37(38)45(51-41)55(47)57-56(46)48;1-37(32,33)22-8-2-3-17-25-20(23-14-4-6-16(7-5-14)38(34,35)36)27-21(26-17)24-15-10-12(18(28)29)9-13(11-15)19(30)31;1-2;/h1-24H;4-7,9-11,22H,2-3,8H2,1H3,(H,28,29)(H,30,31)(H,34,35,36)(H2,23,24,25,26,27);1-2H3;. The van der Waals surface area contributed by atoms with Crippen molar-refractivity contribution in [3.05, 3.63) is 238 Å². The number of rotatable bonds is 12. The minimum Gasteiger partial charge on any atom is -0.478 e. The van der Waals surface area contributed by atoms with E-state index in [0.29, 0.717) is 58.1 Å². The van der Waals surface area contributed by atoms with Gasteiger partial charge in [-0.15, -0.1) is 9.46 Å². The number of amidine groups is 4. The third kappa shape index (κ3) is 12.1. The maximum Gasteiger partial charge on any atom is 0.335 e. The van der Waals surface area contributed by atoms with E-state index >= 15 is 0 Å². The number of carbonyl (C=O) groups is 2. The number of hydrogen-bond acceptors (Lipinski definition) is 18. The molecule has 0 saturated carbocycles. The third-order valence-electron chi connectivity index (χ3n) is 16.4. The van der Waals surface area contributed by atoms with Gasteiger partial charge < -0.3 is 20.8 Å². The molecule has 24 nitrogen and oxygen atoms in total. The van der Waals surface area contributed by atoms with Gasteiger partial charge in [-0.2, -0.15) is 23.4 Å². The summed E-state index contributed by atoms with van der Waals surface area (Å²) in [5, 5.41) is 36.4. The van der Waals surface area contributed by atoms with Crippen LogP contribution in [0.4, 0.5) is 34.9 Å². The van der Waals surface area contributed by atoms with E-state index in [4.69, 9.17) is 39.4 Å². The molecular formula is C71H52N14O10S2V. The molecule has 98 heavy (non-hydrogen) atoms. The van der Waals surface area contributed by atoms with Gasteiger partial charge in [0.2, 0.25) is 21.9 Å². The maximum atomic E-state index is 11.4. The molecule has 0 aliphatic carbocycles. The Bertz CT molecular complexity index is 5840. The van der Waals surface area contributed by atoms with E-state index in [9.17, 15) is 36.6 Å². The average molecular weight is 1380 g/mol. The largest absolute Gasteiger partial charge is 0.478 e. The van der Waals surface area contributed by atoms with Crippen LogP contribution in [0, 0.1) is 0 Å². The Hall–Kier alpha value is -11.6. The fourth-order valence-corrected chi connectivity index (χ4v) is 13.0. The van der Waals surface area contributed by atoms with E-state index in [1.54, 1.807) is 9.46 Å². The number of carboxylic acids is 2. The molecule has 6 N–H and O–H groups in total. The van der Waals surface area contributed by atoms with Crippen molar-refractivity contribution in [1.82, 2.24) is 29.1 Å². The van der Waals surface area contributed by atoms with Crippen molar-refractivity contribution in [2.45, 2.75) is 31.6 Å². The van der Waals surface area contributed by atoms with Crippen LogP contribution in [-0.2, 0) is 45.1 Å². The van der Waals surface area contributed by atoms with Crippen LogP contribution in [0.25, 0.3) is 64.6 Å². The Morgan fingerprint density at radius 3 is 1.22 bits per heavy atom. The normalized spacial score (nSPS) is 13.2. The number of anilines is 4. The summed E-state index contributed by atoms with van der Waals surface area (Å²) >= 11 is 0. The molecule has 4 aliphatic rings. The molecule has 3 aromatic heterocycles. The molecule has 0 atom stereocenters. The van der Waals surface area contributed by atoms with Crippen LogP contribution in [0.5, 0.6) is 0 Å². The molecule has 0 fully saturated rings. The number of benzene rings is 10. The summed E-state index contributed by atoms with van der Waals surface area (Å²) in [5.41, 5.74) is 4.55. The van der Waals surface area contributed by atoms with Gasteiger partial charge in [0.25, 0.3) is 10.1 Å². The van der Waals surface area contributed by atoms with Crippen molar-refractivity contribution >= 4 is 155 Å². The number of aliphatic imine (C=N–C) groups is 4. The molecular weight excluding hydrogens is 1320 g/mol. The first kappa shape index (κ1) is 63.7. The summed E-state index contributed by atoms with van der Waals surface area (Å²) in [4.78, 5) is 74.4. The van der Waals surface area contributed by atoms with E-state index in [-0.39, 0.29) is 71.0 Å². The zero-order chi connectivity index (χ0) is 67.0. The van der Waals surface area contributed by atoms with Crippen molar-refractivity contribution in [1.29, 1.82) is 0 Å². The molecule has 13 aromatic rings. The number of hydrogen-bond donors (Lipinski definition) is 6. The minimum atomic E-state index is -4.39. The van der Waals surface area contributed by atoms with E-state index in [1.165, 1.54) is 24.3 Å². The predicted molar refractivity (Wildman–Crippen MR) is 372 cm³/mol. The Balaban J connectivity index is 0.000000176. The minimum absolute atomic E-state index is 0. The summed E-state index contributed by atoms with van der Waals surface area (Å²) in [6.07, 6.45) is 1.53. The Kier molecular flexibility index (Phi) is 16.4. The summed E-state index contributed by atoms with van der Waals surface area (Å²) < 4.78 is 60.0. The van der Waals surface area contributed by atoms with Gasteiger partial charge in [0, 0.05) is 86.7 Å². The molecule has 17 rings (SSSR count). The number of aryl methyl sites for hydroxylation is 1. The summed E-state index contributed by atoms with van der Waals surface area (Å²) in [7, 11) is -7.79. The van der Waals surface area contributed by atoms with Crippen LogP contribution in [-0.4, -0.2) is 104 Å². The van der Waals surface area contributed by atoms with Crippen molar-refractivity contribution in [2.24, 2.45) is 30.0 Å². The second kappa shape index (κ2) is 25.2. The first-order valence-electron chi connectivity index (χ1n) is 30.5. The average Bonchev–Trinajstić information content (AvgIpc) is 1.56. The molecule has 0 amide bonds. The third-order valence-corrected chi connectivity index (χ3v) is 18.0. The number of nitrogens with zero attached hydrogens (tertiary/aromatic N) is 11. The molecule has 0 saturated heterocycles. The van der Waals surface area contributed by atoms with E-state index in [2.05, 4.69) is 176 Å². The first-order valence-corrected chi connectivity index (χ1v) is 33.8. The number of aromatic nitrogens is 5. The molecule has 6 bridgehead atoms. The van der Waals surface area contributed by atoms with Crippen molar-refractivity contribution < 1.29 is 64.7 Å². The zero-order valence-corrected chi connectivity index (χ0v) is 54.9. The fourth-order valence-electron chi connectivity index (χ4n) is 12.0. The second-order valence-electron chi connectivity index (χ2n) is 22.7. The Morgan fingerprint density at radius 1 is 0.459 bits per heavy atom. The Morgan fingerprint density at radius 2 is 0.837 bits per heavy atom. The topological polar surface area (TPSA) is 331 Å². The van der Waals surface area contributed by atoms with Gasteiger partial charge in [-0.05, 0) is 141 Å². The summed E-state index contributed by atoms with van der Waals surface area (Å²) in [6, 6.07) is 59.1. The second-order valence-corrected chi connectivity index (χ2v) is 26.0. The predicted octanol–water partition coefficient (Wildman–Crippen LogP) is 11.6. The van der Waals surface area contributed by atoms with Gasteiger partial charge in [0.05, 0.1) is 22.3 Å². The first-order chi connectivity index (χ1) is 46.9. The van der Waals surface area contributed by atoms with Gasteiger partial charge in [-0.1, -0.05) is 111 Å². The van der Waals surface area contributed by atoms with Crippen molar-refractivity contribution in [3.63, 3.8) is 0 Å². The van der Waals surface area contributed by atoms with Crippen molar-refractivity contribution in [2.75, 3.05) is 23.4 Å². The van der Waals surface area contributed by atoms with Crippen LogP contribution in [0.3, 0.4) is 0 Å². The molecule has 27 heteroatoms. The quantitative estimate of drug-likeness (QED) is 0.0489. The number of nitrogens with one attached hydrogen (secondary N) is 3. The molecule has 7 heterocycles. The van der Waals surface area contributed by atoms with E-state index < -0.39 is 32.1 Å². The van der Waals surface area contributed by atoms with Crippen LogP contribution in [0.2, 0.25) is 0 Å². The molecule has 1 radical (unpaired) electrons. The number of aromatic carboxylic acids is 2. The van der Waals surface area contributed by atoms with Gasteiger partial charge in [-0.3, -0.25) is 9.49 Å². The maximum absolute atomic E-state index is 11.4.